The number of rotatable bonds is 1. The van der Waals surface area contributed by atoms with Crippen molar-refractivity contribution < 1.29 is 8.78 Å². The zero-order valence-corrected chi connectivity index (χ0v) is 9.69. The molecule has 0 aliphatic rings. The van der Waals surface area contributed by atoms with E-state index < -0.39 is 11.6 Å². The van der Waals surface area contributed by atoms with Gasteiger partial charge in [0.15, 0.2) is 11.6 Å². The molecule has 0 spiro atoms. The van der Waals surface area contributed by atoms with Gasteiger partial charge in [0.05, 0.1) is 11.7 Å². The SMILES string of the molecule is Cc1cccc2c(-c3cccc(F)c3F)cnn12. The van der Waals surface area contributed by atoms with Gasteiger partial charge in [-0.1, -0.05) is 18.2 Å². The van der Waals surface area contributed by atoms with Gasteiger partial charge in [-0.15, -0.1) is 0 Å². The summed E-state index contributed by atoms with van der Waals surface area (Å²) in [5.74, 6) is -1.69. The first-order valence-corrected chi connectivity index (χ1v) is 5.56. The molecule has 2 nitrogen and oxygen atoms in total. The standard InChI is InChI=1S/C14H10F2N2/c1-9-4-2-7-13-11(8-17-18(9)13)10-5-3-6-12(15)14(10)16/h2-8H,1H3. The van der Waals surface area contributed by atoms with Crippen molar-refractivity contribution in [3.8, 4) is 11.1 Å². The van der Waals surface area contributed by atoms with Crippen LogP contribution in [0.25, 0.3) is 16.6 Å². The van der Waals surface area contributed by atoms with Crippen LogP contribution < -0.4 is 0 Å². The lowest BCUT2D eigenvalue weighted by Crippen LogP contribution is -1.92. The molecule has 0 radical (unpaired) electrons. The third-order valence-corrected chi connectivity index (χ3v) is 2.97. The lowest BCUT2D eigenvalue weighted by Gasteiger charge is -2.03. The molecule has 0 N–H and O–H groups in total. The first-order chi connectivity index (χ1) is 8.68. The van der Waals surface area contributed by atoms with E-state index in [1.807, 2.05) is 25.1 Å². The Labute approximate surface area is 102 Å². The van der Waals surface area contributed by atoms with Gasteiger partial charge in [0.25, 0.3) is 0 Å². The topological polar surface area (TPSA) is 17.3 Å². The summed E-state index contributed by atoms with van der Waals surface area (Å²) in [6, 6.07) is 9.76. The molecule has 2 heterocycles. The maximum atomic E-state index is 13.8. The Bertz CT molecular complexity index is 732. The Balaban J connectivity index is 2.33. The minimum Gasteiger partial charge on any atom is -0.237 e. The Morgan fingerprint density at radius 3 is 2.61 bits per heavy atom. The van der Waals surface area contributed by atoms with Crippen LogP contribution in [0.4, 0.5) is 8.78 Å². The molecule has 18 heavy (non-hydrogen) atoms. The Hall–Kier alpha value is -2.23. The number of aromatic nitrogens is 2. The van der Waals surface area contributed by atoms with E-state index in [2.05, 4.69) is 5.10 Å². The highest BCUT2D eigenvalue weighted by Crippen LogP contribution is 2.28. The first kappa shape index (κ1) is 10.9. The molecule has 0 aliphatic heterocycles. The third-order valence-electron chi connectivity index (χ3n) is 2.97. The van der Waals surface area contributed by atoms with Gasteiger partial charge in [-0.3, -0.25) is 0 Å². The second-order valence-corrected chi connectivity index (χ2v) is 4.12. The summed E-state index contributed by atoms with van der Waals surface area (Å²) in [5.41, 5.74) is 2.53. The molecule has 0 amide bonds. The molecular formula is C14H10F2N2. The van der Waals surface area contributed by atoms with E-state index in [1.165, 1.54) is 6.07 Å². The molecule has 0 unspecified atom stereocenters. The summed E-state index contributed by atoms with van der Waals surface area (Å²) in [6.45, 7) is 1.91. The predicted molar refractivity (Wildman–Crippen MR) is 65.3 cm³/mol. The Morgan fingerprint density at radius 1 is 1.00 bits per heavy atom. The second-order valence-electron chi connectivity index (χ2n) is 4.12. The smallest absolute Gasteiger partial charge is 0.166 e. The van der Waals surface area contributed by atoms with E-state index in [1.54, 1.807) is 16.8 Å². The van der Waals surface area contributed by atoms with E-state index in [0.29, 0.717) is 5.56 Å². The molecule has 3 rings (SSSR count). The highest BCUT2D eigenvalue weighted by molar-refractivity contribution is 5.80. The highest BCUT2D eigenvalue weighted by atomic mass is 19.2. The molecule has 3 aromatic rings. The molecule has 0 fully saturated rings. The van der Waals surface area contributed by atoms with Gasteiger partial charge in [-0.2, -0.15) is 5.10 Å². The third kappa shape index (κ3) is 1.49. The van der Waals surface area contributed by atoms with Crippen LogP contribution in [0.2, 0.25) is 0 Å². The fourth-order valence-corrected chi connectivity index (χ4v) is 2.07. The second kappa shape index (κ2) is 3.91. The van der Waals surface area contributed by atoms with Crippen molar-refractivity contribution in [2.75, 3.05) is 0 Å². The van der Waals surface area contributed by atoms with Crippen molar-refractivity contribution in [1.29, 1.82) is 0 Å². The molecule has 0 atom stereocenters. The molecule has 90 valence electrons. The van der Waals surface area contributed by atoms with Gasteiger partial charge in [-0.05, 0) is 25.1 Å². The normalized spacial score (nSPS) is 11.1. The summed E-state index contributed by atoms with van der Waals surface area (Å²) in [7, 11) is 0. The van der Waals surface area contributed by atoms with E-state index in [-0.39, 0.29) is 5.56 Å². The fourth-order valence-electron chi connectivity index (χ4n) is 2.07. The van der Waals surface area contributed by atoms with Crippen LogP contribution in [0.1, 0.15) is 5.69 Å². The molecule has 0 saturated heterocycles. The van der Waals surface area contributed by atoms with Gasteiger partial charge in [-0.25, -0.2) is 13.3 Å². The minimum absolute atomic E-state index is 0.232. The van der Waals surface area contributed by atoms with Crippen LogP contribution in [0.5, 0.6) is 0 Å². The van der Waals surface area contributed by atoms with Crippen LogP contribution in [-0.4, -0.2) is 9.61 Å². The van der Waals surface area contributed by atoms with Crippen LogP contribution in [-0.2, 0) is 0 Å². The van der Waals surface area contributed by atoms with Crippen molar-refractivity contribution in [1.82, 2.24) is 9.61 Å². The van der Waals surface area contributed by atoms with Crippen LogP contribution in [0.3, 0.4) is 0 Å². The van der Waals surface area contributed by atoms with Crippen LogP contribution in [0.15, 0.2) is 42.6 Å². The quantitative estimate of drug-likeness (QED) is 0.639. The number of hydrogen-bond acceptors (Lipinski definition) is 1. The molecule has 4 heteroatoms. The zero-order chi connectivity index (χ0) is 12.7. The van der Waals surface area contributed by atoms with Crippen LogP contribution >= 0.6 is 0 Å². The first-order valence-electron chi connectivity index (χ1n) is 5.56. The van der Waals surface area contributed by atoms with Gasteiger partial charge in [0.1, 0.15) is 0 Å². The van der Waals surface area contributed by atoms with E-state index in [9.17, 15) is 8.78 Å². The fraction of sp³-hybridized carbons (Fsp3) is 0.0714. The summed E-state index contributed by atoms with van der Waals surface area (Å²) in [6.07, 6.45) is 1.56. The van der Waals surface area contributed by atoms with E-state index in [0.717, 1.165) is 17.3 Å². The zero-order valence-electron chi connectivity index (χ0n) is 9.69. The lowest BCUT2D eigenvalue weighted by molar-refractivity contribution is 0.511. The minimum atomic E-state index is -0.848. The number of hydrogen-bond donors (Lipinski definition) is 0. The monoisotopic (exact) mass is 244 g/mol. The lowest BCUT2D eigenvalue weighted by atomic mass is 10.1. The van der Waals surface area contributed by atoms with Crippen molar-refractivity contribution in [2.45, 2.75) is 6.92 Å². The van der Waals surface area contributed by atoms with Crippen LogP contribution in [0, 0.1) is 18.6 Å². The maximum Gasteiger partial charge on any atom is 0.166 e. The van der Waals surface area contributed by atoms with E-state index >= 15 is 0 Å². The number of nitrogens with zero attached hydrogens (tertiary/aromatic N) is 2. The average molecular weight is 244 g/mol. The summed E-state index contributed by atoms with van der Waals surface area (Å²) >= 11 is 0. The van der Waals surface area contributed by atoms with Gasteiger partial charge in [0.2, 0.25) is 0 Å². The molecule has 0 bridgehead atoms. The number of halogens is 2. The molecule has 1 aromatic carbocycles. The van der Waals surface area contributed by atoms with Crippen molar-refractivity contribution in [3.05, 3.63) is 59.9 Å². The maximum absolute atomic E-state index is 13.8. The summed E-state index contributed by atoms with van der Waals surface area (Å²) in [5, 5.41) is 4.19. The summed E-state index contributed by atoms with van der Waals surface area (Å²) in [4.78, 5) is 0. The molecule has 0 aliphatic carbocycles. The Morgan fingerprint density at radius 2 is 1.78 bits per heavy atom. The summed E-state index contributed by atoms with van der Waals surface area (Å²) < 4.78 is 28.7. The number of fused-ring (bicyclic) bond motifs is 1. The number of benzene rings is 1. The van der Waals surface area contributed by atoms with Crippen molar-refractivity contribution >= 4 is 5.52 Å². The van der Waals surface area contributed by atoms with Gasteiger partial charge >= 0.3 is 0 Å². The van der Waals surface area contributed by atoms with E-state index in [4.69, 9.17) is 0 Å². The highest BCUT2D eigenvalue weighted by Gasteiger charge is 2.14. The average Bonchev–Trinajstić information content (AvgIpc) is 2.78. The molecule has 2 aromatic heterocycles. The number of aryl methyl sites for hydroxylation is 1. The Kier molecular flexibility index (Phi) is 2.37. The van der Waals surface area contributed by atoms with Crippen molar-refractivity contribution in [2.24, 2.45) is 0 Å². The van der Waals surface area contributed by atoms with Crippen molar-refractivity contribution in [3.63, 3.8) is 0 Å². The molecule has 0 saturated carbocycles. The van der Waals surface area contributed by atoms with Gasteiger partial charge in [0, 0.05) is 16.8 Å². The molecular weight excluding hydrogens is 234 g/mol. The number of pyridine rings is 1. The predicted octanol–water partition coefficient (Wildman–Crippen LogP) is 3.59. The van der Waals surface area contributed by atoms with Gasteiger partial charge < -0.3 is 0 Å². The largest absolute Gasteiger partial charge is 0.237 e.